The lowest BCUT2D eigenvalue weighted by atomic mass is 9.93. The highest BCUT2D eigenvalue weighted by Crippen LogP contribution is 2.15. The number of carbonyl (C=O) groups excluding carboxylic acids is 1. The minimum Gasteiger partial charge on any atom is -0.480 e. The Morgan fingerprint density at radius 3 is 2.22 bits per heavy atom. The summed E-state index contributed by atoms with van der Waals surface area (Å²) in [4.78, 5) is 22.8. The highest BCUT2D eigenvalue weighted by molar-refractivity contribution is 7.99. The van der Waals surface area contributed by atoms with Gasteiger partial charge in [-0.05, 0) is 25.5 Å². The molecule has 5 nitrogen and oxygen atoms in total. The summed E-state index contributed by atoms with van der Waals surface area (Å²) in [6, 6.07) is -0.910. The normalized spacial score (nSPS) is 13.4. The van der Waals surface area contributed by atoms with Crippen molar-refractivity contribution in [3.8, 4) is 0 Å². The van der Waals surface area contributed by atoms with Crippen molar-refractivity contribution >= 4 is 23.6 Å². The molecule has 0 spiro atoms. The van der Waals surface area contributed by atoms with Crippen LogP contribution in [0.15, 0.2) is 0 Å². The van der Waals surface area contributed by atoms with E-state index in [9.17, 15) is 9.59 Å². The van der Waals surface area contributed by atoms with Gasteiger partial charge in [0.1, 0.15) is 6.04 Å². The van der Waals surface area contributed by atoms with Crippen LogP contribution in [0, 0.1) is 11.3 Å². The summed E-state index contributed by atoms with van der Waals surface area (Å²) in [5.74, 6) is 0.175. The van der Waals surface area contributed by atoms with Crippen molar-refractivity contribution < 1.29 is 19.8 Å². The molecule has 1 atom stereocenters. The molecule has 0 aliphatic carbocycles. The van der Waals surface area contributed by atoms with Crippen molar-refractivity contribution in [2.75, 3.05) is 18.1 Å². The van der Waals surface area contributed by atoms with Crippen LogP contribution in [0.3, 0.4) is 0 Å². The van der Waals surface area contributed by atoms with E-state index in [0.717, 1.165) is 5.75 Å². The van der Waals surface area contributed by atoms with E-state index in [2.05, 4.69) is 19.2 Å². The molecule has 3 N–H and O–H groups in total. The molecule has 6 heteroatoms. The van der Waals surface area contributed by atoms with E-state index in [1.54, 1.807) is 13.8 Å². The first kappa shape index (κ1) is 17.2. The number of rotatable bonds is 8. The quantitative estimate of drug-likeness (QED) is 0.615. The van der Waals surface area contributed by atoms with Crippen LogP contribution >= 0.6 is 11.8 Å². The number of carboxylic acids is 1. The zero-order valence-electron chi connectivity index (χ0n) is 11.4. The molecule has 0 aliphatic rings. The summed E-state index contributed by atoms with van der Waals surface area (Å²) < 4.78 is 0. The van der Waals surface area contributed by atoms with Crippen molar-refractivity contribution in [2.24, 2.45) is 11.3 Å². The molecule has 0 aromatic carbocycles. The lowest BCUT2D eigenvalue weighted by molar-refractivity contribution is -0.143. The molecule has 0 rings (SSSR count). The third kappa shape index (κ3) is 6.26. The SMILES string of the molecule is CC(C)CSC[C@@H](NC(=O)C(C)(C)CO)C(=O)O. The van der Waals surface area contributed by atoms with Gasteiger partial charge >= 0.3 is 5.97 Å². The average Bonchev–Trinajstić information content (AvgIpc) is 2.26. The molecule has 0 fully saturated rings. The summed E-state index contributed by atoms with van der Waals surface area (Å²) in [6.45, 7) is 6.93. The number of hydrogen-bond acceptors (Lipinski definition) is 4. The molecule has 0 bridgehead atoms. The van der Waals surface area contributed by atoms with Crippen molar-refractivity contribution in [3.05, 3.63) is 0 Å². The Morgan fingerprint density at radius 2 is 1.83 bits per heavy atom. The summed E-state index contributed by atoms with van der Waals surface area (Å²) in [6.07, 6.45) is 0. The first-order valence-electron chi connectivity index (χ1n) is 5.93. The van der Waals surface area contributed by atoms with Crippen molar-refractivity contribution in [1.82, 2.24) is 5.32 Å². The van der Waals surface area contributed by atoms with E-state index in [0.29, 0.717) is 11.7 Å². The van der Waals surface area contributed by atoms with E-state index in [4.69, 9.17) is 10.2 Å². The fraction of sp³-hybridized carbons (Fsp3) is 0.833. The third-order valence-corrected chi connectivity index (χ3v) is 3.82. The van der Waals surface area contributed by atoms with Crippen LogP contribution in [-0.4, -0.2) is 46.2 Å². The van der Waals surface area contributed by atoms with Gasteiger partial charge in [-0.25, -0.2) is 4.79 Å². The van der Waals surface area contributed by atoms with Crippen molar-refractivity contribution in [3.63, 3.8) is 0 Å². The molecule has 0 radical (unpaired) electrons. The molecule has 0 unspecified atom stereocenters. The largest absolute Gasteiger partial charge is 0.480 e. The molecule has 0 aliphatic heterocycles. The van der Waals surface area contributed by atoms with E-state index in [1.165, 1.54) is 11.8 Å². The number of amides is 1. The minimum atomic E-state index is -1.05. The second kappa shape index (κ2) is 7.63. The lowest BCUT2D eigenvalue weighted by Gasteiger charge is -2.23. The van der Waals surface area contributed by atoms with Gasteiger partial charge in [-0.2, -0.15) is 11.8 Å². The van der Waals surface area contributed by atoms with Gasteiger partial charge in [-0.3, -0.25) is 4.79 Å². The zero-order valence-corrected chi connectivity index (χ0v) is 12.2. The fourth-order valence-electron chi connectivity index (χ4n) is 1.02. The molecule has 0 heterocycles. The van der Waals surface area contributed by atoms with Crippen molar-refractivity contribution in [1.29, 1.82) is 0 Å². The van der Waals surface area contributed by atoms with Crippen molar-refractivity contribution in [2.45, 2.75) is 33.7 Å². The Balaban J connectivity index is 4.37. The van der Waals surface area contributed by atoms with Crippen LogP contribution in [0.25, 0.3) is 0 Å². The summed E-state index contributed by atoms with van der Waals surface area (Å²) in [5.41, 5.74) is -0.962. The number of hydrogen-bond donors (Lipinski definition) is 3. The topological polar surface area (TPSA) is 86.6 Å². The summed E-state index contributed by atoms with van der Waals surface area (Å²) in [7, 11) is 0. The van der Waals surface area contributed by atoms with Crippen LogP contribution < -0.4 is 5.32 Å². The van der Waals surface area contributed by atoms with Crippen LogP contribution in [0.2, 0.25) is 0 Å². The standard InChI is InChI=1S/C12H23NO4S/c1-8(2)5-18-6-9(10(15)16)13-11(17)12(3,4)7-14/h8-9,14H,5-7H2,1-4H3,(H,13,17)(H,15,16)/t9-/m1/s1. The predicted octanol–water partition coefficient (Wildman–Crippen LogP) is 0.963. The Kier molecular flexibility index (Phi) is 7.32. The van der Waals surface area contributed by atoms with Crippen LogP contribution in [-0.2, 0) is 9.59 Å². The number of thioether (sulfide) groups is 1. The van der Waals surface area contributed by atoms with Gasteiger partial charge in [0.2, 0.25) is 5.91 Å². The molecule has 0 aromatic heterocycles. The Hall–Kier alpha value is -0.750. The van der Waals surface area contributed by atoms with Gasteiger partial charge in [-0.1, -0.05) is 13.8 Å². The maximum atomic E-state index is 11.8. The van der Waals surface area contributed by atoms with Gasteiger partial charge in [0.15, 0.2) is 0 Å². The Morgan fingerprint density at radius 1 is 1.28 bits per heavy atom. The second-order valence-corrected chi connectivity index (χ2v) is 6.41. The van der Waals surface area contributed by atoms with E-state index in [-0.39, 0.29) is 6.61 Å². The smallest absolute Gasteiger partial charge is 0.327 e. The van der Waals surface area contributed by atoms with Gasteiger partial charge in [0.05, 0.1) is 12.0 Å². The van der Waals surface area contributed by atoms with E-state index < -0.39 is 23.3 Å². The molecule has 0 saturated heterocycles. The highest BCUT2D eigenvalue weighted by atomic mass is 32.2. The third-order valence-electron chi connectivity index (χ3n) is 2.35. The first-order chi connectivity index (χ1) is 8.20. The average molecular weight is 277 g/mol. The monoisotopic (exact) mass is 277 g/mol. The maximum Gasteiger partial charge on any atom is 0.327 e. The number of nitrogens with one attached hydrogen (secondary N) is 1. The number of carboxylic acid groups (broad SMARTS) is 1. The van der Waals surface area contributed by atoms with Gasteiger partial charge in [-0.15, -0.1) is 0 Å². The molecule has 18 heavy (non-hydrogen) atoms. The zero-order chi connectivity index (χ0) is 14.3. The number of aliphatic carboxylic acids is 1. The predicted molar refractivity (Wildman–Crippen MR) is 72.6 cm³/mol. The van der Waals surface area contributed by atoms with Crippen LogP contribution in [0.4, 0.5) is 0 Å². The Bertz CT molecular complexity index is 292. The Labute approximate surface area is 112 Å². The lowest BCUT2D eigenvalue weighted by Crippen LogP contribution is -2.49. The minimum absolute atomic E-state index is 0.315. The summed E-state index contributed by atoms with van der Waals surface area (Å²) >= 11 is 1.50. The number of aliphatic hydroxyl groups excluding tert-OH is 1. The molecule has 106 valence electrons. The van der Waals surface area contributed by atoms with Gasteiger partial charge in [0.25, 0.3) is 0 Å². The van der Waals surface area contributed by atoms with Gasteiger partial charge < -0.3 is 15.5 Å². The fourth-order valence-corrected chi connectivity index (χ4v) is 2.09. The maximum absolute atomic E-state index is 11.8. The summed E-state index contributed by atoms with van der Waals surface area (Å²) in [5, 5.41) is 20.5. The van der Waals surface area contributed by atoms with Crippen LogP contribution in [0.5, 0.6) is 0 Å². The first-order valence-corrected chi connectivity index (χ1v) is 7.08. The molecular formula is C12H23NO4S. The van der Waals surface area contributed by atoms with Crippen LogP contribution in [0.1, 0.15) is 27.7 Å². The molecule has 0 saturated carbocycles. The van der Waals surface area contributed by atoms with Gasteiger partial charge in [0, 0.05) is 5.75 Å². The number of carbonyl (C=O) groups is 2. The molecular weight excluding hydrogens is 254 g/mol. The molecule has 1 amide bonds. The molecule has 0 aromatic rings. The van der Waals surface area contributed by atoms with E-state index >= 15 is 0 Å². The highest BCUT2D eigenvalue weighted by Gasteiger charge is 2.30. The number of aliphatic hydroxyl groups is 1. The van der Waals surface area contributed by atoms with E-state index in [1.807, 2.05) is 0 Å². The second-order valence-electron chi connectivity index (χ2n) is 5.34.